The van der Waals surface area contributed by atoms with Crippen molar-refractivity contribution in [1.82, 2.24) is 15.2 Å². The molecule has 1 saturated heterocycles. The van der Waals surface area contributed by atoms with E-state index in [9.17, 15) is 4.79 Å². The van der Waals surface area contributed by atoms with E-state index < -0.39 is 0 Å². The lowest BCUT2D eigenvalue weighted by atomic mass is 10.0. The van der Waals surface area contributed by atoms with E-state index in [0.717, 1.165) is 34.0 Å². The topological polar surface area (TPSA) is 70.4 Å². The zero-order valence-electron chi connectivity index (χ0n) is 17.9. The SMILES string of the molecule is Cc1ccc(C)c(NC(=O)CCN2C(=S)N[C@H](c3ccccn3)[C@@H]2c2ccc(C)o2)c1. The van der Waals surface area contributed by atoms with Crippen LogP contribution in [0.4, 0.5) is 5.69 Å². The minimum Gasteiger partial charge on any atom is -0.464 e. The largest absolute Gasteiger partial charge is 0.464 e. The highest BCUT2D eigenvalue weighted by Crippen LogP contribution is 2.39. The number of rotatable bonds is 6. The summed E-state index contributed by atoms with van der Waals surface area (Å²) in [6.07, 6.45) is 2.07. The summed E-state index contributed by atoms with van der Waals surface area (Å²) in [7, 11) is 0. The highest BCUT2D eigenvalue weighted by atomic mass is 32.1. The Morgan fingerprint density at radius 1 is 1.19 bits per heavy atom. The molecule has 1 aliphatic heterocycles. The summed E-state index contributed by atoms with van der Waals surface area (Å²) in [5, 5.41) is 6.99. The number of furan rings is 1. The van der Waals surface area contributed by atoms with Crippen LogP contribution in [0.15, 0.2) is 59.1 Å². The Morgan fingerprint density at radius 2 is 2.03 bits per heavy atom. The van der Waals surface area contributed by atoms with E-state index in [1.807, 2.05) is 74.2 Å². The standard InChI is InChI=1S/C24H26N4O2S/c1-15-7-8-16(2)19(14-15)26-21(29)11-13-28-23(20-10-9-17(3)30-20)22(27-24(28)31)18-6-4-5-12-25-18/h4-10,12,14,22-23H,11,13H2,1-3H3,(H,26,29)(H,27,31)/t22-,23+/m1/s1. The van der Waals surface area contributed by atoms with Gasteiger partial charge in [-0.25, -0.2) is 0 Å². The number of thiocarbonyl (C=S) groups is 1. The Balaban J connectivity index is 1.52. The Hall–Kier alpha value is -3.19. The van der Waals surface area contributed by atoms with E-state index in [0.29, 0.717) is 18.1 Å². The number of carbonyl (C=O) groups is 1. The van der Waals surface area contributed by atoms with Crippen molar-refractivity contribution in [1.29, 1.82) is 0 Å². The molecule has 0 bridgehead atoms. The highest BCUT2D eigenvalue weighted by molar-refractivity contribution is 7.80. The average Bonchev–Trinajstić information content (AvgIpc) is 3.32. The molecule has 1 amide bonds. The van der Waals surface area contributed by atoms with Crippen LogP contribution in [0.25, 0.3) is 0 Å². The second-order valence-corrected chi connectivity index (χ2v) is 8.27. The molecular weight excluding hydrogens is 408 g/mol. The zero-order valence-corrected chi connectivity index (χ0v) is 18.7. The molecule has 3 aromatic rings. The van der Waals surface area contributed by atoms with Gasteiger partial charge in [0.05, 0.1) is 11.7 Å². The summed E-state index contributed by atoms with van der Waals surface area (Å²) in [5.74, 6) is 1.59. The zero-order chi connectivity index (χ0) is 22.0. The van der Waals surface area contributed by atoms with Crippen molar-refractivity contribution in [3.05, 3.63) is 83.1 Å². The van der Waals surface area contributed by atoms with Crippen molar-refractivity contribution in [2.24, 2.45) is 0 Å². The molecule has 0 unspecified atom stereocenters. The van der Waals surface area contributed by atoms with Gasteiger partial charge in [-0.15, -0.1) is 0 Å². The smallest absolute Gasteiger partial charge is 0.226 e. The van der Waals surface area contributed by atoms with Crippen LogP contribution in [0.3, 0.4) is 0 Å². The van der Waals surface area contributed by atoms with E-state index in [-0.39, 0.29) is 18.0 Å². The first-order valence-electron chi connectivity index (χ1n) is 10.3. The van der Waals surface area contributed by atoms with Crippen LogP contribution in [0.5, 0.6) is 0 Å². The molecule has 0 saturated carbocycles. The molecule has 6 nitrogen and oxygen atoms in total. The lowest BCUT2D eigenvalue weighted by molar-refractivity contribution is -0.116. The normalized spacial score (nSPS) is 18.2. The summed E-state index contributed by atoms with van der Waals surface area (Å²) in [6.45, 7) is 6.39. The minimum absolute atomic E-state index is 0.0489. The molecule has 2 aromatic heterocycles. The van der Waals surface area contributed by atoms with E-state index in [1.165, 1.54) is 0 Å². The molecule has 31 heavy (non-hydrogen) atoms. The van der Waals surface area contributed by atoms with Crippen LogP contribution < -0.4 is 10.6 Å². The fourth-order valence-corrected chi connectivity index (χ4v) is 4.20. The number of aromatic nitrogens is 1. The lowest BCUT2D eigenvalue weighted by Gasteiger charge is -2.25. The van der Waals surface area contributed by atoms with Gasteiger partial charge in [0.15, 0.2) is 5.11 Å². The van der Waals surface area contributed by atoms with E-state index in [1.54, 1.807) is 6.20 Å². The molecule has 0 radical (unpaired) electrons. The summed E-state index contributed by atoms with van der Waals surface area (Å²) >= 11 is 5.63. The quantitative estimate of drug-likeness (QED) is 0.553. The second-order valence-electron chi connectivity index (χ2n) is 7.88. The maximum absolute atomic E-state index is 12.7. The number of pyridine rings is 1. The van der Waals surface area contributed by atoms with Gasteiger partial charge in [0, 0.05) is 24.8 Å². The maximum Gasteiger partial charge on any atom is 0.226 e. The molecule has 0 aliphatic carbocycles. The summed E-state index contributed by atoms with van der Waals surface area (Å²) < 4.78 is 5.96. The molecule has 4 rings (SSSR count). The van der Waals surface area contributed by atoms with Gasteiger partial charge in [0.2, 0.25) is 5.91 Å². The van der Waals surface area contributed by atoms with Crippen molar-refractivity contribution in [3.63, 3.8) is 0 Å². The van der Waals surface area contributed by atoms with Crippen molar-refractivity contribution in [3.8, 4) is 0 Å². The maximum atomic E-state index is 12.7. The van der Waals surface area contributed by atoms with Crippen molar-refractivity contribution in [2.45, 2.75) is 39.3 Å². The molecule has 160 valence electrons. The molecule has 0 spiro atoms. The third-order valence-electron chi connectivity index (χ3n) is 5.50. The van der Waals surface area contributed by atoms with Crippen LogP contribution in [0.2, 0.25) is 0 Å². The van der Waals surface area contributed by atoms with Gasteiger partial charge in [-0.3, -0.25) is 9.78 Å². The number of nitrogens with zero attached hydrogens (tertiary/aromatic N) is 2. The number of nitrogens with one attached hydrogen (secondary N) is 2. The van der Waals surface area contributed by atoms with E-state index >= 15 is 0 Å². The molecule has 1 aliphatic rings. The molecule has 1 aromatic carbocycles. The molecule has 2 N–H and O–H groups in total. The van der Waals surface area contributed by atoms with Gasteiger partial charge < -0.3 is 20.0 Å². The van der Waals surface area contributed by atoms with Gasteiger partial charge in [0.25, 0.3) is 0 Å². The third-order valence-corrected chi connectivity index (χ3v) is 5.85. The first-order chi connectivity index (χ1) is 14.9. The van der Waals surface area contributed by atoms with Gasteiger partial charge >= 0.3 is 0 Å². The van der Waals surface area contributed by atoms with Crippen LogP contribution in [-0.4, -0.2) is 27.4 Å². The number of benzene rings is 1. The fourth-order valence-electron chi connectivity index (χ4n) is 3.87. The Morgan fingerprint density at radius 3 is 2.74 bits per heavy atom. The van der Waals surface area contributed by atoms with Crippen molar-refractivity contribution >= 4 is 28.9 Å². The van der Waals surface area contributed by atoms with Crippen molar-refractivity contribution < 1.29 is 9.21 Å². The van der Waals surface area contributed by atoms with Crippen LogP contribution >= 0.6 is 12.2 Å². The van der Waals surface area contributed by atoms with E-state index in [4.69, 9.17) is 16.6 Å². The van der Waals surface area contributed by atoms with Crippen molar-refractivity contribution in [2.75, 3.05) is 11.9 Å². The minimum atomic E-state index is -0.176. The Labute approximate surface area is 187 Å². The van der Waals surface area contributed by atoms with Crippen LogP contribution in [0, 0.1) is 20.8 Å². The third kappa shape index (κ3) is 4.61. The lowest BCUT2D eigenvalue weighted by Crippen LogP contribution is -2.32. The predicted molar refractivity (Wildman–Crippen MR) is 125 cm³/mol. The summed E-state index contributed by atoms with van der Waals surface area (Å²) in [5.41, 5.74) is 3.87. The molecule has 7 heteroatoms. The second kappa shape index (κ2) is 8.89. The summed E-state index contributed by atoms with van der Waals surface area (Å²) in [4.78, 5) is 19.2. The van der Waals surface area contributed by atoms with E-state index in [2.05, 4.69) is 15.6 Å². The van der Waals surface area contributed by atoms with Crippen LogP contribution in [0.1, 0.15) is 46.8 Å². The molecule has 2 atom stereocenters. The number of carbonyl (C=O) groups excluding carboxylic acids is 1. The highest BCUT2D eigenvalue weighted by Gasteiger charge is 2.41. The van der Waals surface area contributed by atoms with Gasteiger partial charge in [0.1, 0.15) is 17.6 Å². The molecular formula is C24H26N4O2S. The molecule has 3 heterocycles. The first kappa shape index (κ1) is 21.1. The number of amides is 1. The number of anilines is 1. The predicted octanol–water partition coefficient (Wildman–Crippen LogP) is 4.60. The Kier molecular flexibility index (Phi) is 6.04. The Bertz CT molecular complexity index is 1100. The summed E-state index contributed by atoms with van der Waals surface area (Å²) in [6, 6.07) is 15.4. The number of aryl methyl sites for hydroxylation is 3. The number of hydrogen-bond donors (Lipinski definition) is 2. The number of hydrogen-bond acceptors (Lipinski definition) is 4. The van der Waals surface area contributed by atoms with Gasteiger partial charge in [-0.1, -0.05) is 18.2 Å². The van der Waals surface area contributed by atoms with Gasteiger partial charge in [-0.2, -0.15) is 0 Å². The monoisotopic (exact) mass is 434 g/mol. The average molecular weight is 435 g/mol. The van der Waals surface area contributed by atoms with Gasteiger partial charge in [-0.05, 0) is 74.4 Å². The first-order valence-corrected chi connectivity index (χ1v) is 10.7. The van der Waals surface area contributed by atoms with Crippen LogP contribution in [-0.2, 0) is 4.79 Å². The molecule has 1 fully saturated rings. The fraction of sp³-hybridized carbons (Fsp3) is 0.292.